The molecule has 0 aliphatic carbocycles. The lowest BCUT2D eigenvalue weighted by Crippen LogP contribution is -2.05. The Labute approximate surface area is 87.8 Å². The van der Waals surface area contributed by atoms with Crippen LogP contribution in [0, 0.1) is 5.82 Å². The van der Waals surface area contributed by atoms with E-state index in [0.29, 0.717) is 18.2 Å². The largest absolute Gasteiger partial charge is 0.478 e. The third-order valence-corrected chi connectivity index (χ3v) is 1.73. The number of hydrogen-bond donors (Lipinski definition) is 1. The molecule has 0 aromatic heterocycles. The van der Waals surface area contributed by atoms with Crippen molar-refractivity contribution in [2.45, 2.75) is 6.18 Å². The number of carbonyl (C=O) groups is 1. The molecule has 1 rings (SSSR count). The number of hydrogen-bond acceptors (Lipinski definition) is 1. The molecule has 2 nitrogen and oxygen atoms in total. The molecule has 0 radical (unpaired) electrons. The smallest absolute Gasteiger partial charge is 0.416 e. The number of benzene rings is 1. The average molecular weight is 234 g/mol. The van der Waals surface area contributed by atoms with E-state index in [4.69, 9.17) is 5.11 Å². The first kappa shape index (κ1) is 12.2. The van der Waals surface area contributed by atoms with Gasteiger partial charge >= 0.3 is 12.1 Å². The summed E-state index contributed by atoms with van der Waals surface area (Å²) in [7, 11) is 0. The monoisotopic (exact) mass is 234 g/mol. The number of halogens is 4. The topological polar surface area (TPSA) is 37.3 Å². The molecule has 16 heavy (non-hydrogen) atoms. The van der Waals surface area contributed by atoms with Crippen LogP contribution in [0.4, 0.5) is 17.6 Å². The molecule has 0 bridgehead atoms. The van der Waals surface area contributed by atoms with Gasteiger partial charge in [-0.1, -0.05) is 6.07 Å². The van der Waals surface area contributed by atoms with Crippen LogP contribution in [-0.2, 0) is 11.0 Å². The van der Waals surface area contributed by atoms with E-state index in [-0.39, 0.29) is 5.56 Å². The van der Waals surface area contributed by atoms with Crippen LogP contribution in [0.25, 0.3) is 6.08 Å². The van der Waals surface area contributed by atoms with Crippen molar-refractivity contribution in [1.82, 2.24) is 0 Å². The summed E-state index contributed by atoms with van der Waals surface area (Å²) in [5.74, 6) is -2.42. The maximum absolute atomic E-state index is 13.1. The van der Waals surface area contributed by atoms with Crippen LogP contribution in [0.5, 0.6) is 0 Å². The maximum atomic E-state index is 13.1. The van der Waals surface area contributed by atoms with Gasteiger partial charge in [0, 0.05) is 11.6 Å². The number of rotatable bonds is 2. The highest BCUT2D eigenvalue weighted by molar-refractivity contribution is 5.85. The molecular formula is C10H6F4O2. The molecule has 0 atom stereocenters. The lowest BCUT2D eigenvalue weighted by atomic mass is 10.1. The van der Waals surface area contributed by atoms with Crippen molar-refractivity contribution in [1.29, 1.82) is 0 Å². The SMILES string of the molecule is O=C(O)/C=C/c1ccc(C(F)(F)F)cc1F. The van der Waals surface area contributed by atoms with E-state index < -0.39 is 23.5 Å². The second-order valence-electron chi connectivity index (χ2n) is 2.91. The van der Waals surface area contributed by atoms with Gasteiger partial charge in [-0.3, -0.25) is 0 Å². The van der Waals surface area contributed by atoms with Crippen LogP contribution in [0.2, 0.25) is 0 Å². The van der Waals surface area contributed by atoms with Crippen LogP contribution in [-0.4, -0.2) is 11.1 Å². The Morgan fingerprint density at radius 3 is 2.38 bits per heavy atom. The Balaban J connectivity index is 3.05. The van der Waals surface area contributed by atoms with Crippen molar-refractivity contribution >= 4 is 12.0 Å². The summed E-state index contributed by atoms with van der Waals surface area (Å²) in [6, 6.07) is 1.88. The molecule has 0 saturated heterocycles. The summed E-state index contributed by atoms with van der Waals surface area (Å²) < 4.78 is 49.5. The molecule has 1 aromatic carbocycles. The Bertz CT molecular complexity index is 435. The summed E-state index contributed by atoms with van der Waals surface area (Å²) in [5.41, 5.74) is -1.33. The van der Waals surface area contributed by atoms with Crippen LogP contribution in [0.1, 0.15) is 11.1 Å². The highest BCUT2D eigenvalue weighted by atomic mass is 19.4. The van der Waals surface area contributed by atoms with Gasteiger partial charge in [-0.2, -0.15) is 13.2 Å². The fourth-order valence-corrected chi connectivity index (χ4v) is 1.000. The minimum Gasteiger partial charge on any atom is -0.478 e. The number of aliphatic carboxylic acids is 1. The fourth-order valence-electron chi connectivity index (χ4n) is 1.000. The van der Waals surface area contributed by atoms with Gasteiger partial charge in [0.1, 0.15) is 5.82 Å². The molecule has 0 spiro atoms. The van der Waals surface area contributed by atoms with E-state index in [1.807, 2.05) is 0 Å². The quantitative estimate of drug-likeness (QED) is 0.631. The molecule has 0 amide bonds. The van der Waals surface area contributed by atoms with Crippen molar-refractivity contribution in [3.63, 3.8) is 0 Å². The normalized spacial score (nSPS) is 12.0. The molecule has 0 aliphatic heterocycles. The van der Waals surface area contributed by atoms with Crippen molar-refractivity contribution in [2.24, 2.45) is 0 Å². The molecule has 0 aliphatic rings. The van der Waals surface area contributed by atoms with Crippen molar-refractivity contribution in [3.8, 4) is 0 Å². The zero-order chi connectivity index (χ0) is 12.3. The highest BCUT2D eigenvalue weighted by Gasteiger charge is 2.30. The molecule has 1 N–H and O–H groups in total. The van der Waals surface area contributed by atoms with Gasteiger partial charge in [0.2, 0.25) is 0 Å². The summed E-state index contributed by atoms with van der Waals surface area (Å²) in [6.45, 7) is 0. The summed E-state index contributed by atoms with van der Waals surface area (Å²) >= 11 is 0. The average Bonchev–Trinajstić information content (AvgIpc) is 2.14. The Kier molecular flexibility index (Phi) is 3.31. The number of alkyl halides is 3. The first-order valence-corrected chi connectivity index (χ1v) is 4.08. The van der Waals surface area contributed by atoms with Crippen LogP contribution in [0.15, 0.2) is 24.3 Å². The van der Waals surface area contributed by atoms with Crippen molar-refractivity contribution < 1.29 is 27.5 Å². The zero-order valence-corrected chi connectivity index (χ0v) is 7.75. The third kappa shape index (κ3) is 3.08. The molecule has 6 heteroatoms. The van der Waals surface area contributed by atoms with Gasteiger partial charge in [0.05, 0.1) is 5.56 Å². The second-order valence-corrected chi connectivity index (χ2v) is 2.91. The lowest BCUT2D eigenvalue weighted by molar-refractivity contribution is -0.137. The van der Waals surface area contributed by atoms with Crippen LogP contribution < -0.4 is 0 Å². The van der Waals surface area contributed by atoms with E-state index in [9.17, 15) is 22.4 Å². The van der Waals surface area contributed by atoms with E-state index in [1.54, 1.807) is 0 Å². The van der Waals surface area contributed by atoms with E-state index in [1.165, 1.54) is 0 Å². The minimum absolute atomic E-state index is 0.213. The molecule has 86 valence electrons. The summed E-state index contributed by atoms with van der Waals surface area (Å²) in [5, 5.41) is 8.26. The van der Waals surface area contributed by atoms with Gasteiger partial charge in [0.15, 0.2) is 0 Å². The highest BCUT2D eigenvalue weighted by Crippen LogP contribution is 2.30. The first-order valence-electron chi connectivity index (χ1n) is 4.08. The van der Waals surface area contributed by atoms with Crippen molar-refractivity contribution in [3.05, 3.63) is 41.2 Å². The van der Waals surface area contributed by atoms with Crippen LogP contribution >= 0.6 is 0 Å². The van der Waals surface area contributed by atoms with Gasteiger partial charge in [-0.25, -0.2) is 9.18 Å². The number of carboxylic acid groups (broad SMARTS) is 1. The predicted octanol–water partition coefficient (Wildman–Crippen LogP) is 2.94. The van der Waals surface area contributed by atoms with E-state index in [2.05, 4.69) is 0 Å². The second kappa shape index (κ2) is 4.34. The first-order chi connectivity index (χ1) is 7.30. The number of carboxylic acids is 1. The Morgan fingerprint density at radius 2 is 1.94 bits per heavy atom. The van der Waals surface area contributed by atoms with Crippen molar-refractivity contribution in [2.75, 3.05) is 0 Å². The molecule has 0 unspecified atom stereocenters. The molecular weight excluding hydrogens is 228 g/mol. The summed E-state index contributed by atoms with van der Waals surface area (Å²) in [4.78, 5) is 10.1. The van der Waals surface area contributed by atoms with Gasteiger partial charge in [-0.15, -0.1) is 0 Å². The summed E-state index contributed by atoms with van der Waals surface area (Å²) in [6.07, 6.45) is -3.08. The molecule has 0 saturated carbocycles. The molecule has 1 aromatic rings. The molecule has 0 fully saturated rings. The van der Waals surface area contributed by atoms with Crippen LogP contribution in [0.3, 0.4) is 0 Å². The standard InChI is InChI=1S/C10H6F4O2/c11-8-5-7(10(12,13)14)3-1-6(8)2-4-9(15)16/h1-5H,(H,15,16)/b4-2+. The maximum Gasteiger partial charge on any atom is 0.416 e. The van der Waals surface area contributed by atoms with E-state index >= 15 is 0 Å². The predicted molar refractivity (Wildman–Crippen MR) is 48.1 cm³/mol. The molecule has 0 heterocycles. The van der Waals surface area contributed by atoms with Gasteiger partial charge in [-0.05, 0) is 18.2 Å². The zero-order valence-electron chi connectivity index (χ0n) is 7.75. The van der Waals surface area contributed by atoms with E-state index in [0.717, 1.165) is 12.1 Å². The Morgan fingerprint density at radius 1 is 1.31 bits per heavy atom. The fraction of sp³-hybridized carbons (Fsp3) is 0.100. The van der Waals surface area contributed by atoms with Gasteiger partial charge in [0.25, 0.3) is 0 Å². The van der Waals surface area contributed by atoms with Gasteiger partial charge < -0.3 is 5.11 Å². The Hall–Kier alpha value is -1.85. The third-order valence-electron chi connectivity index (χ3n) is 1.73. The lowest BCUT2D eigenvalue weighted by Gasteiger charge is -2.07. The minimum atomic E-state index is -4.62.